The Labute approximate surface area is 278 Å². The van der Waals surface area contributed by atoms with E-state index < -0.39 is 24.6 Å². The van der Waals surface area contributed by atoms with E-state index in [4.69, 9.17) is 32.7 Å². The van der Waals surface area contributed by atoms with Gasteiger partial charge in [-0.1, -0.05) is 41.4 Å². The lowest BCUT2D eigenvalue weighted by Gasteiger charge is -2.21. The molecule has 1 heterocycles. The van der Waals surface area contributed by atoms with Crippen LogP contribution >= 0.6 is 23.2 Å². The van der Waals surface area contributed by atoms with E-state index in [2.05, 4.69) is 15.6 Å². The molecule has 9 nitrogen and oxygen atoms in total. The molecular formula is C33H29Cl2F3N4O5. The van der Waals surface area contributed by atoms with Crippen molar-refractivity contribution < 1.29 is 37.0 Å². The summed E-state index contributed by atoms with van der Waals surface area (Å²) in [6.45, 7) is -0.336. The van der Waals surface area contributed by atoms with Gasteiger partial charge in [-0.05, 0) is 55.0 Å². The minimum absolute atomic E-state index is 0.00702. The summed E-state index contributed by atoms with van der Waals surface area (Å²) in [5.41, 5.74) is 2.51. The quantitative estimate of drug-likeness (QED) is 0.174. The molecule has 0 aliphatic carbocycles. The summed E-state index contributed by atoms with van der Waals surface area (Å²) >= 11 is 13.1. The van der Waals surface area contributed by atoms with E-state index >= 15 is 0 Å². The van der Waals surface area contributed by atoms with E-state index in [1.54, 1.807) is 61.5 Å². The third-order valence-corrected chi connectivity index (χ3v) is 7.57. The van der Waals surface area contributed by atoms with Gasteiger partial charge in [0.25, 0.3) is 5.91 Å². The molecule has 0 bridgehead atoms. The minimum Gasteiger partial charge on any atom is -0.487 e. The van der Waals surface area contributed by atoms with Gasteiger partial charge in [0.2, 0.25) is 11.8 Å². The van der Waals surface area contributed by atoms with Crippen molar-refractivity contribution >= 4 is 63.6 Å². The predicted molar refractivity (Wildman–Crippen MR) is 174 cm³/mol. The molecule has 0 spiro atoms. The standard InChI is InChI=1S/C33H29Cl2F3N4O5/c1-19-15-27(47-18-33(36,37)38)22-5-4-6-26(31(22)41-19)46-17-23-24(34)12-13-25(30(23)35)42(3)29(44)16-40-28(43)14-9-20-7-10-21(11-8-20)32(45)39-2/h4-15H,16-18H2,1-3H3,(H,39,45)(H,40,43)/b14-9+. The van der Waals surface area contributed by atoms with Crippen LogP contribution in [0, 0.1) is 6.92 Å². The summed E-state index contributed by atoms with van der Waals surface area (Å²) in [4.78, 5) is 42.6. The number of para-hydroxylation sites is 1. The first-order valence-electron chi connectivity index (χ1n) is 14.0. The van der Waals surface area contributed by atoms with Gasteiger partial charge >= 0.3 is 6.18 Å². The van der Waals surface area contributed by atoms with Gasteiger partial charge in [0, 0.05) is 53.5 Å². The van der Waals surface area contributed by atoms with Crippen LogP contribution in [0.5, 0.6) is 11.5 Å². The van der Waals surface area contributed by atoms with Crippen LogP contribution in [0.2, 0.25) is 10.0 Å². The second-order valence-electron chi connectivity index (χ2n) is 10.2. The number of rotatable bonds is 11. The molecule has 0 fully saturated rings. The van der Waals surface area contributed by atoms with E-state index in [1.165, 1.54) is 37.2 Å². The Balaban J connectivity index is 1.43. The maximum Gasteiger partial charge on any atom is 0.422 e. The lowest BCUT2D eigenvalue weighted by atomic mass is 10.1. The number of likely N-dealkylation sites (N-methyl/N-ethyl adjacent to an activating group) is 1. The zero-order valence-corrected chi connectivity index (χ0v) is 26.9. The van der Waals surface area contributed by atoms with Crippen molar-refractivity contribution in [1.29, 1.82) is 0 Å². The molecule has 2 N–H and O–H groups in total. The molecule has 3 aromatic carbocycles. The highest BCUT2D eigenvalue weighted by Gasteiger charge is 2.29. The Kier molecular flexibility index (Phi) is 11.3. The number of carbonyl (C=O) groups excluding carboxylic acids is 3. The number of aryl methyl sites for hydroxylation is 1. The molecule has 0 aliphatic rings. The molecule has 1 aromatic heterocycles. The Bertz CT molecular complexity index is 1830. The van der Waals surface area contributed by atoms with Crippen LogP contribution in [-0.2, 0) is 16.2 Å². The van der Waals surface area contributed by atoms with Gasteiger partial charge in [0.1, 0.15) is 23.6 Å². The van der Waals surface area contributed by atoms with E-state index in [1.807, 2.05) is 0 Å². The number of ether oxygens (including phenoxy) is 2. The van der Waals surface area contributed by atoms with Gasteiger partial charge in [-0.15, -0.1) is 0 Å². The molecule has 0 saturated heterocycles. The van der Waals surface area contributed by atoms with Gasteiger partial charge < -0.3 is 25.0 Å². The van der Waals surface area contributed by atoms with Gasteiger partial charge in [-0.3, -0.25) is 14.4 Å². The first kappa shape index (κ1) is 35.1. The molecule has 0 atom stereocenters. The maximum atomic E-state index is 12.9. The molecule has 4 rings (SSSR count). The van der Waals surface area contributed by atoms with Crippen LogP contribution in [-0.4, -0.2) is 56.1 Å². The van der Waals surface area contributed by atoms with E-state index in [9.17, 15) is 27.6 Å². The normalized spacial score (nSPS) is 11.4. The lowest BCUT2D eigenvalue weighted by Crippen LogP contribution is -2.37. The molecule has 0 aliphatic heterocycles. The number of benzene rings is 3. The monoisotopic (exact) mass is 688 g/mol. The number of anilines is 1. The first-order chi connectivity index (χ1) is 22.3. The van der Waals surface area contributed by atoms with Crippen LogP contribution in [0.25, 0.3) is 17.0 Å². The molecular weight excluding hydrogens is 660 g/mol. The molecule has 47 heavy (non-hydrogen) atoms. The number of halogens is 5. The topological polar surface area (TPSA) is 110 Å². The largest absolute Gasteiger partial charge is 0.487 e. The molecule has 0 unspecified atom stereocenters. The van der Waals surface area contributed by atoms with Crippen LogP contribution in [0.4, 0.5) is 18.9 Å². The average molecular weight is 690 g/mol. The maximum absolute atomic E-state index is 12.9. The van der Waals surface area contributed by atoms with Crippen molar-refractivity contribution in [3.63, 3.8) is 0 Å². The average Bonchev–Trinajstić information content (AvgIpc) is 3.04. The van der Waals surface area contributed by atoms with Crippen molar-refractivity contribution in [3.05, 3.63) is 99.2 Å². The van der Waals surface area contributed by atoms with Crippen molar-refractivity contribution in [2.75, 3.05) is 32.1 Å². The highest BCUT2D eigenvalue weighted by atomic mass is 35.5. The Morgan fingerprint density at radius 1 is 1.00 bits per heavy atom. The Morgan fingerprint density at radius 2 is 1.72 bits per heavy atom. The number of alkyl halides is 3. The summed E-state index contributed by atoms with van der Waals surface area (Å²) < 4.78 is 49.4. The number of amides is 3. The number of hydrogen-bond donors (Lipinski definition) is 2. The highest BCUT2D eigenvalue weighted by molar-refractivity contribution is 6.38. The van der Waals surface area contributed by atoms with Crippen molar-refractivity contribution in [3.8, 4) is 11.5 Å². The Hall–Kier alpha value is -4.81. The predicted octanol–water partition coefficient (Wildman–Crippen LogP) is 6.52. The zero-order valence-electron chi connectivity index (χ0n) is 25.4. The number of fused-ring (bicyclic) bond motifs is 1. The smallest absolute Gasteiger partial charge is 0.422 e. The van der Waals surface area contributed by atoms with Crippen LogP contribution in [0.3, 0.4) is 0 Å². The summed E-state index contributed by atoms with van der Waals surface area (Å²) in [6, 6.07) is 15.9. The summed E-state index contributed by atoms with van der Waals surface area (Å²) in [7, 11) is 3.01. The van der Waals surface area contributed by atoms with Crippen LogP contribution in [0.1, 0.15) is 27.2 Å². The summed E-state index contributed by atoms with van der Waals surface area (Å²) in [5, 5.41) is 5.75. The van der Waals surface area contributed by atoms with E-state index in [-0.39, 0.29) is 46.1 Å². The van der Waals surface area contributed by atoms with Crippen molar-refractivity contribution in [2.45, 2.75) is 19.7 Å². The number of nitrogens with one attached hydrogen (secondary N) is 2. The molecule has 246 valence electrons. The van der Waals surface area contributed by atoms with Gasteiger partial charge in [0.15, 0.2) is 6.61 Å². The number of aromatic nitrogens is 1. The second kappa shape index (κ2) is 15.2. The number of hydrogen-bond acceptors (Lipinski definition) is 6. The fourth-order valence-electron chi connectivity index (χ4n) is 4.37. The van der Waals surface area contributed by atoms with Crippen LogP contribution < -0.4 is 25.0 Å². The van der Waals surface area contributed by atoms with Crippen LogP contribution in [0.15, 0.2) is 66.7 Å². The number of carbonyl (C=O) groups is 3. The lowest BCUT2D eigenvalue weighted by molar-refractivity contribution is -0.153. The van der Waals surface area contributed by atoms with Gasteiger partial charge in [-0.2, -0.15) is 13.2 Å². The molecule has 14 heteroatoms. The summed E-state index contributed by atoms with van der Waals surface area (Å²) in [5.74, 6) is -0.952. The molecule has 4 aromatic rings. The third-order valence-electron chi connectivity index (χ3n) is 6.80. The second-order valence-corrected chi connectivity index (χ2v) is 11.0. The van der Waals surface area contributed by atoms with E-state index in [0.717, 1.165) is 0 Å². The SMILES string of the molecule is CNC(=O)c1ccc(/C=C/C(=O)NCC(=O)N(C)c2ccc(Cl)c(COc3cccc4c(OCC(F)(F)F)cc(C)nc34)c2Cl)cc1. The molecule has 0 radical (unpaired) electrons. The van der Waals surface area contributed by atoms with Gasteiger partial charge in [-0.25, -0.2) is 4.98 Å². The van der Waals surface area contributed by atoms with Gasteiger partial charge in [0.05, 0.1) is 17.3 Å². The fourth-order valence-corrected chi connectivity index (χ4v) is 4.98. The zero-order chi connectivity index (χ0) is 34.3. The van der Waals surface area contributed by atoms with Crippen molar-refractivity contribution in [1.82, 2.24) is 15.6 Å². The first-order valence-corrected chi connectivity index (χ1v) is 14.8. The third kappa shape index (κ3) is 9.14. The highest BCUT2D eigenvalue weighted by Crippen LogP contribution is 2.37. The number of nitrogens with zero attached hydrogens (tertiary/aromatic N) is 2. The van der Waals surface area contributed by atoms with Crippen molar-refractivity contribution in [2.24, 2.45) is 0 Å². The molecule has 3 amide bonds. The van der Waals surface area contributed by atoms with E-state index in [0.29, 0.717) is 33.5 Å². The molecule has 0 saturated carbocycles. The number of pyridine rings is 1. The Morgan fingerprint density at radius 3 is 2.40 bits per heavy atom. The fraction of sp³-hybridized carbons (Fsp3) is 0.212. The summed E-state index contributed by atoms with van der Waals surface area (Å²) in [6.07, 6.45) is -1.71. The minimum atomic E-state index is -4.52.